The van der Waals surface area contributed by atoms with E-state index in [0.717, 1.165) is 12.1 Å². The first-order valence-corrected chi connectivity index (χ1v) is 10.5. The molecule has 1 amide bonds. The fourth-order valence-electron chi connectivity index (χ4n) is 3.15. The molecule has 2 aromatic rings. The fourth-order valence-corrected chi connectivity index (χ4v) is 4.46. The summed E-state index contributed by atoms with van der Waals surface area (Å²) in [7, 11) is -2.23. The number of hydrogen-bond donors (Lipinski definition) is 1. The number of nitro benzene ring substituents is 1. The molecule has 9 nitrogen and oxygen atoms in total. The van der Waals surface area contributed by atoms with Gasteiger partial charge in [0.05, 0.1) is 16.9 Å². The Bertz CT molecular complexity index is 982. The largest absolute Gasteiger partial charge is 0.497 e. The highest BCUT2D eigenvalue weighted by Gasteiger charge is 2.27. The summed E-state index contributed by atoms with van der Waals surface area (Å²) in [6.45, 7) is 0.858. The van der Waals surface area contributed by atoms with Crippen molar-refractivity contribution in [3.8, 4) is 5.75 Å². The number of nitrogens with zero attached hydrogens (tertiary/aromatic N) is 2. The highest BCUT2D eigenvalue weighted by atomic mass is 32.2. The molecule has 3 rings (SSSR count). The normalized spacial score (nSPS) is 15.1. The lowest BCUT2D eigenvalue weighted by Gasteiger charge is -2.32. The number of ether oxygens (including phenoxy) is 1. The van der Waals surface area contributed by atoms with E-state index in [1.165, 1.54) is 12.1 Å². The van der Waals surface area contributed by atoms with Crippen molar-refractivity contribution in [2.45, 2.75) is 23.8 Å². The number of nitro groups is 1. The molecule has 10 heteroatoms. The number of likely N-dealkylation sites (tertiary alicyclic amines) is 1. The minimum Gasteiger partial charge on any atom is -0.497 e. The number of nitrogens with one attached hydrogen (secondary N) is 1. The monoisotopic (exact) mass is 419 g/mol. The van der Waals surface area contributed by atoms with Gasteiger partial charge in [-0.3, -0.25) is 14.9 Å². The molecule has 1 fully saturated rings. The van der Waals surface area contributed by atoms with Crippen LogP contribution in [-0.2, 0) is 10.0 Å². The second kappa shape index (κ2) is 8.58. The number of sulfonamides is 1. The minimum atomic E-state index is -3.79. The van der Waals surface area contributed by atoms with Crippen LogP contribution in [-0.4, -0.2) is 50.4 Å². The Morgan fingerprint density at radius 3 is 2.21 bits per heavy atom. The van der Waals surface area contributed by atoms with Crippen LogP contribution in [0.15, 0.2) is 53.4 Å². The lowest BCUT2D eigenvalue weighted by molar-refractivity contribution is -0.384. The fraction of sp³-hybridized carbons (Fsp3) is 0.316. The van der Waals surface area contributed by atoms with Gasteiger partial charge in [-0.05, 0) is 49.2 Å². The molecule has 0 unspecified atom stereocenters. The first-order chi connectivity index (χ1) is 13.8. The summed E-state index contributed by atoms with van der Waals surface area (Å²) in [6.07, 6.45) is 0.961. The van der Waals surface area contributed by atoms with E-state index in [-0.39, 0.29) is 22.5 Å². The van der Waals surface area contributed by atoms with Gasteiger partial charge in [-0.2, -0.15) is 0 Å². The zero-order valence-corrected chi connectivity index (χ0v) is 16.6. The lowest BCUT2D eigenvalue weighted by Crippen LogP contribution is -2.46. The van der Waals surface area contributed by atoms with E-state index in [9.17, 15) is 23.3 Å². The highest BCUT2D eigenvalue weighted by Crippen LogP contribution is 2.20. The summed E-state index contributed by atoms with van der Waals surface area (Å²) < 4.78 is 32.7. The molecule has 1 N–H and O–H groups in total. The van der Waals surface area contributed by atoms with Gasteiger partial charge in [0, 0.05) is 36.8 Å². The van der Waals surface area contributed by atoms with Crippen LogP contribution in [0.25, 0.3) is 0 Å². The average molecular weight is 419 g/mol. The summed E-state index contributed by atoms with van der Waals surface area (Å²) in [4.78, 5) is 24.4. The van der Waals surface area contributed by atoms with Crippen LogP contribution in [0.3, 0.4) is 0 Å². The maximum Gasteiger partial charge on any atom is 0.269 e. The third-order valence-electron chi connectivity index (χ3n) is 4.80. The Hall–Kier alpha value is -2.98. The van der Waals surface area contributed by atoms with Gasteiger partial charge in [0.25, 0.3) is 11.6 Å². The van der Waals surface area contributed by atoms with Crippen molar-refractivity contribution in [1.29, 1.82) is 0 Å². The molecule has 0 aliphatic carbocycles. The molecule has 0 saturated carbocycles. The zero-order chi connectivity index (χ0) is 21.0. The predicted octanol–water partition coefficient (Wildman–Crippen LogP) is 2.19. The Labute approximate surface area is 168 Å². The number of methoxy groups -OCH3 is 1. The Morgan fingerprint density at radius 1 is 1.10 bits per heavy atom. The summed E-state index contributed by atoms with van der Waals surface area (Å²) in [6, 6.07) is 11.3. The Kier molecular flexibility index (Phi) is 6.14. The predicted molar refractivity (Wildman–Crippen MR) is 105 cm³/mol. The van der Waals surface area contributed by atoms with Gasteiger partial charge in [0.2, 0.25) is 10.0 Å². The van der Waals surface area contributed by atoms with Crippen LogP contribution in [0.2, 0.25) is 0 Å². The van der Waals surface area contributed by atoms with Crippen LogP contribution in [0.1, 0.15) is 23.2 Å². The average Bonchev–Trinajstić information content (AvgIpc) is 2.73. The van der Waals surface area contributed by atoms with Crippen molar-refractivity contribution in [1.82, 2.24) is 9.62 Å². The lowest BCUT2D eigenvalue weighted by atomic mass is 10.0. The van der Waals surface area contributed by atoms with Crippen molar-refractivity contribution >= 4 is 21.6 Å². The molecule has 0 radical (unpaired) electrons. The second-order valence-electron chi connectivity index (χ2n) is 6.67. The third kappa shape index (κ3) is 4.90. The number of benzene rings is 2. The molecule has 1 aliphatic heterocycles. The van der Waals surface area contributed by atoms with E-state index >= 15 is 0 Å². The van der Waals surface area contributed by atoms with E-state index in [4.69, 9.17) is 4.74 Å². The number of amides is 1. The molecular weight excluding hydrogens is 398 g/mol. The van der Waals surface area contributed by atoms with E-state index in [2.05, 4.69) is 4.72 Å². The highest BCUT2D eigenvalue weighted by molar-refractivity contribution is 7.89. The van der Waals surface area contributed by atoms with Crippen LogP contribution in [0.5, 0.6) is 5.75 Å². The van der Waals surface area contributed by atoms with Crippen LogP contribution in [0, 0.1) is 10.1 Å². The molecule has 0 atom stereocenters. The smallest absolute Gasteiger partial charge is 0.269 e. The van der Waals surface area contributed by atoms with Crippen molar-refractivity contribution in [2.75, 3.05) is 20.2 Å². The number of hydrogen-bond acceptors (Lipinski definition) is 6. The Balaban J connectivity index is 1.58. The van der Waals surface area contributed by atoms with E-state index in [1.807, 2.05) is 0 Å². The molecule has 1 saturated heterocycles. The van der Waals surface area contributed by atoms with Crippen molar-refractivity contribution in [3.63, 3.8) is 0 Å². The summed E-state index contributed by atoms with van der Waals surface area (Å²) in [5.74, 6) is 0.560. The van der Waals surface area contributed by atoms with Gasteiger partial charge in [-0.15, -0.1) is 0 Å². The molecule has 0 spiro atoms. The van der Waals surface area contributed by atoms with Gasteiger partial charge in [0.1, 0.15) is 5.75 Å². The molecule has 0 bridgehead atoms. The van der Waals surface area contributed by atoms with Crippen molar-refractivity contribution < 1.29 is 22.9 Å². The van der Waals surface area contributed by atoms with E-state index < -0.39 is 14.9 Å². The van der Waals surface area contributed by atoms with Crippen LogP contribution < -0.4 is 9.46 Å². The maximum absolute atomic E-state index is 12.6. The quantitative estimate of drug-likeness (QED) is 0.566. The van der Waals surface area contributed by atoms with Crippen molar-refractivity contribution in [3.05, 3.63) is 64.2 Å². The van der Waals surface area contributed by atoms with Gasteiger partial charge >= 0.3 is 0 Å². The van der Waals surface area contributed by atoms with Crippen LogP contribution in [0.4, 0.5) is 5.69 Å². The second-order valence-corrected chi connectivity index (χ2v) is 8.38. The standard InChI is InChI=1S/C19H21N3O6S/c1-28-17-6-2-14(3-7-17)19(23)21-12-10-15(11-13-21)20-29(26,27)18-8-4-16(5-9-18)22(24)25/h2-9,15,20H,10-13H2,1H3. The summed E-state index contributed by atoms with van der Waals surface area (Å²) in [5.41, 5.74) is 0.380. The number of non-ortho nitro benzene ring substituents is 1. The van der Waals surface area contributed by atoms with Gasteiger partial charge in [-0.25, -0.2) is 13.1 Å². The van der Waals surface area contributed by atoms with E-state index in [0.29, 0.717) is 37.2 Å². The minimum absolute atomic E-state index is 0.0279. The summed E-state index contributed by atoms with van der Waals surface area (Å²) in [5, 5.41) is 10.7. The summed E-state index contributed by atoms with van der Waals surface area (Å²) >= 11 is 0. The van der Waals surface area contributed by atoms with Gasteiger partial charge < -0.3 is 9.64 Å². The number of carbonyl (C=O) groups excluding carboxylic acids is 1. The molecule has 0 aromatic heterocycles. The number of rotatable bonds is 6. The first kappa shape index (κ1) is 20.7. The van der Waals surface area contributed by atoms with Crippen molar-refractivity contribution in [2.24, 2.45) is 0 Å². The third-order valence-corrected chi connectivity index (χ3v) is 6.34. The molecule has 1 heterocycles. The zero-order valence-electron chi connectivity index (χ0n) is 15.8. The SMILES string of the molecule is COc1ccc(C(=O)N2CCC(NS(=O)(=O)c3ccc([N+](=O)[O-])cc3)CC2)cc1. The number of piperidine rings is 1. The van der Waals surface area contributed by atoms with Crippen LogP contribution >= 0.6 is 0 Å². The van der Waals surface area contributed by atoms with Gasteiger partial charge in [0.15, 0.2) is 0 Å². The maximum atomic E-state index is 12.6. The molecular formula is C19H21N3O6S. The van der Waals surface area contributed by atoms with E-state index in [1.54, 1.807) is 36.3 Å². The topological polar surface area (TPSA) is 119 Å². The molecule has 154 valence electrons. The number of carbonyl (C=O) groups is 1. The first-order valence-electron chi connectivity index (χ1n) is 9.00. The molecule has 2 aromatic carbocycles. The van der Waals surface area contributed by atoms with Gasteiger partial charge in [-0.1, -0.05) is 0 Å². The molecule has 29 heavy (non-hydrogen) atoms. The Morgan fingerprint density at radius 2 is 1.69 bits per heavy atom. The molecule has 1 aliphatic rings.